The van der Waals surface area contributed by atoms with Crippen LogP contribution in [0.25, 0.3) is 0 Å². The Bertz CT molecular complexity index is 854. The largest absolute Gasteiger partial charge is 0.305 e. The average Bonchev–Trinajstić information content (AvgIpc) is 3.39. The van der Waals surface area contributed by atoms with E-state index in [1.807, 2.05) is 22.4 Å². The lowest BCUT2D eigenvalue weighted by Gasteiger charge is -2.38. The molecule has 0 N–H and O–H groups in total. The summed E-state index contributed by atoms with van der Waals surface area (Å²) in [6.07, 6.45) is 1.83. The molecule has 1 amide bonds. The van der Waals surface area contributed by atoms with Crippen LogP contribution in [0.15, 0.2) is 59.3 Å². The van der Waals surface area contributed by atoms with E-state index < -0.39 is 0 Å². The summed E-state index contributed by atoms with van der Waals surface area (Å²) in [6, 6.07) is 14.4. The van der Waals surface area contributed by atoms with Crippen molar-refractivity contribution in [2.45, 2.75) is 25.4 Å². The van der Waals surface area contributed by atoms with Crippen molar-refractivity contribution >= 4 is 34.3 Å². The van der Waals surface area contributed by atoms with Gasteiger partial charge in [0.2, 0.25) is 0 Å². The van der Waals surface area contributed by atoms with Crippen molar-refractivity contribution in [3.8, 4) is 0 Å². The smallest absolute Gasteiger partial charge is 0.268 e. The molecule has 6 heteroatoms. The van der Waals surface area contributed by atoms with Gasteiger partial charge in [-0.1, -0.05) is 12.1 Å². The third kappa shape index (κ3) is 4.29. The molecule has 140 valence electrons. The van der Waals surface area contributed by atoms with Gasteiger partial charge in [0.15, 0.2) is 0 Å². The first kappa shape index (κ1) is 18.3. The second kappa shape index (κ2) is 8.33. The predicted molar refractivity (Wildman–Crippen MR) is 110 cm³/mol. The Morgan fingerprint density at radius 3 is 2.37 bits per heavy atom. The van der Waals surface area contributed by atoms with Crippen molar-refractivity contribution in [3.05, 3.63) is 74.9 Å². The minimum Gasteiger partial charge on any atom is -0.305 e. The topological polar surface area (TPSA) is 23.6 Å². The normalized spacial score (nSPS) is 15.7. The highest BCUT2D eigenvalue weighted by atomic mass is 32.1. The molecule has 27 heavy (non-hydrogen) atoms. The number of likely N-dealkylation sites (tertiary alicyclic amines) is 1. The van der Waals surface area contributed by atoms with E-state index in [2.05, 4.69) is 22.4 Å². The number of benzene rings is 1. The molecule has 0 radical (unpaired) electrons. The Morgan fingerprint density at radius 2 is 1.74 bits per heavy atom. The van der Waals surface area contributed by atoms with E-state index in [0.29, 0.717) is 0 Å². The van der Waals surface area contributed by atoms with E-state index in [-0.39, 0.29) is 17.8 Å². The molecule has 0 aliphatic carbocycles. The van der Waals surface area contributed by atoms with Gasteiger partial charge < -0.3 is 4.90 Å². The van der Waals surface area contributed by atoms with Crippen molar-refractivity contribution in [2.75, 3.05) is 18.0 Å². The van der Waals surface area contributed by atoms with Crippen molar-refractivity contribution in [1.29, 1.82) is 0 Å². The van der Waals surface area contributed by atoms with Crippen LogP contribution in [-0.2, 0) is 6.54 Å². The highest BCUT2D eigenvalue weighted by Crippen LogP contribution is 2.28. The van der Waals surface area contributed by atoms with Crippen molar-refractivity contribution in [2.24, 2.45) is 0 Å². The maximum atomic E-state index is 13.4. The van der Waals surface area contributed by atoms with Crippen LogP contribution in [0.1, 0.15) is 27.4 Å². The molecule has 0 saturated carbocycles. The van der Waals surface area contributed by atoms with E-state index in [1.165, 1.54) is 28.3 Å². The van der Waals surface area contributed by atoms with Crippen LogP contribution in [0.3, 0.4) is 0 Å². The zero-order valence-electron chi connectivity index (χ0n) is 14.9. The number of rotatable bonds is 5. The van der Waals surface area contributed by atoms with Crippen LogP contribution < -0.4 is 4.90 Å². The predicted octanol–water partition coefficient (Wildman–Crippen LogP) is 5.26. The minimum atomic E-state index is -0.284. The molecule has 0 spiro atoms. The molecule has 1 fully saturated rings. The fourth-order valence-electron chi connectivity index (χ4n) is 3.57. The van der Waals surface area contributed by atoms with E-state index in [9.17, 15) is 9.18 Å². The molecule has 3 nitrogen and oxygen atoms in total. The summed E-state index contributed by atoms with van der Waals surface area (Å²) in [4.78, 5) is 19.6. The molecule has 3 aromatic rings. The molecule has 0 atom stereocenters. The van der Waals surface area contributed by atoms with Crippen molar-refractivity contribution in [3.63, 3.8) is 0 Å². The Kier molecular flexibility index (Phi) is 5.66. The van der Waals surface area contributed by atoms with Crippen LogP contribution in [0.2, 0.25) is 0 Å². The second-order valence-electron chi connectivity index (χ2n) is 6.72. The number of amides is 1. The summed E-state index contributed by atoms with van der Waals surface area (Å²) in [6.45, 7) is 2.88. The SMILES string of the molecule is O=C(c1cccs1)N(c1ccc(F)cc1)C1CCN(Cc2cccs2)CC1. The fraction of sp³-hybridized carbons (Fsp3) is 0.286. The first-order valence-electron chi connectivity index (χ1n) is 9.08. The zero-order valence-corrected chi connectivity index (χ0v) is 16.5. The van der Waals surface area contributed by atoms with Crippen LogP contribution in [0.5, 0.6) is 0 Å². The van der Waals surface area contributed by atoms with Gasteiger partial charge in [0, 0.05) is 36.2 Å². The lowest BCUT2D eigenvalue weighted by Crippen LogP contribution is -2.47. The first-order chi connectivity index (χ1) is 13.2. The maximum Gasteiger partial charge on any atom is 0.268 e. The summed E-state index contributed by atoms with van der Waals surface area (Å²) in [7, 11) is 0. The summed E-state index contributed by atoms with van der Waals surface area (Å²) in [5.74, 6) is -0.277. The number of halogens is 1. The highest BCUT2D eigenvalue weighted by molar-refractivity contribution is 7.12. The number of piperidine rings is 1. The lowest BCUT2D eigenvalue weighted by atomic mass is 10.0. The number of anilines is 1. The Hall–Kier alpha value is -2.02. The highest BCUT2D eigenvalue weighted by Gasteiger charge is 2.30. The molecule has 3 heterocycles. The molecule has 1 aliphatic rings. The summed E-state index contributed by atoms with van der Waals surface area (Å²) in [5.41, 5.74) is 0.770. The molecular formula is C21H21FN2OS2. The molecule has 0 unspecified atom stereocenters. The summed E-state index contributed by atoms with van der Waals surface area (Å²) >= 11 is 3.23. The Balaban J connectivity index is 1.51. The lowest BCUT2D eigenvalue weighted by molar-refractivity contribution is 0.0962. The van der Waals surface area contributed by atoms with Gasteiger partial charge in [-0.25, -0.2) is 4.39 Å². The average molecular weight is 401 g/mol. The van der Waals surface area contributed by atoms with E-state index in [0.717, 1.165) is 43.0 Å². The van der Waals surface area contributed by atoms with E-state index in [1.54, 1.807) is 23.5 Å². The van der Waals surface area contributed by atoms with Gasteiger partial charge in [0.25, 0.3) is 5.91 Å². The standard InChI is InChI=1S/C21H21FN2OS2/c22-16-5-7-17(8-6-16)24(21(25)20-4-2-14-27-20)18-9-11-23(12-10-18)15-19-3-1-13-26-19/h1-8,13-14,18H,9-12,15H2. The van der Waals surface area contributed by atoms with Crippen molar-refractivity contribution in [1.82, 2.24) is 4.90 Å². The molecule has 1 saturated heterocycles. The molecular weight excluding hydrogens is 379 g/mol. The number of carbonyl (C=O) groups is 1. The molecule has 4 rings (SSSR count). The summed E-state index contributed by atoms with van der Waals surface area (Å²) < 4.78 is 13.4. The number of carbonyl (C=O) groups excluding carboxylic acids is 1. The fourth-order valence-corrected chi connectivity index (χ4v) is 4.98. The number of thiophene rings is 2. The molecule has 2 aromatic heterocycles. The van der Waals surface area contributed by atoms with Gasteiger partial charge in [-0.15, -0.1) is 22.7 Å². The van der Waals surface area contributed by atoms with Gasteiger partial charge in [-0.2, -0.15) is 0 Å². The second-order valence-corrected chi connectivity index (χ2v) is 8.70. The third-order valence-corrected chi connectivity index (χ3v) is 6.66. The maximum absolute atomic E-state index is 13.4. The Morgan fingerprint density at radius 1 is 1.04 bits per heavy atom. The van der Waals surface area contributed by atoms with Crippen LogP contribution in [0.4, 0.5) is 10.1 Å². The zero-order chi connectivity index (χ0) is 18.6. The monoisotopic (exact) mass is 400 g/mol. The van der Waals surface area contributed by atoms with E-state index >= 15 is 0 Å². The number of hydrogen-bond donors (Lipinski definition) is 0. The molecule has 0 bridgehead atoms. The quantitative estimate of drug-likeness (QED) is 0.583. The number of nitrogens with zero attached hydrogens (tertiary/aromatic N) is 2. The van der Waals surface area contributed by atoms with Crippen LogP contribution in [-0.4, -0.2) is 29.9 Å². The van der Waals surface area contributed by atoms with Crippen LogP contribution in [0, 0.1) is 5.82 Å². The molecule has 1 aliphatic heterocycles. The van der Waals surface area contributed by atoms with Crippen LogP contribution >= 0.6 is 22.7 Å². The van der Waals surface area contributed by atoms with Gasteiger partial charge in [-0.3, -0.25) is 9.69 Å². The Labute approximate surface area is 166 Å². The van der Waals surface area contributed by atoms with Crippen molar-refractivity contribution < 1.29 is 9.18 Å². The number of hydrogen-bond acceptors (Lipinski definition) is 4. The van der Waals surface area contributed by atoms with Gasteiger partial charge >= 0.3 is 0 Å². The van der Waals surface area contributed by atoms with E-state index in [4.69, 9.17) is 0 Å². The van der Waals surface area contributed by atoms with Gasteiger partial charge in [0.05, 0.1) is 4.88 Å². The van der Waals surface area contributed by atoms with Gasteiger partial charge in [0.1, 0.15) is 5.82 Å². The first-order valence-corrected chi connectivity index (χ1v) is 10.8. The minimum absolute atomic E-state index is 0.00770. The summed E-state index contributed by atoms with van der Waals surface area (Å²) in [5, 5.41) is 4.03. The third-order valence-electron chi connectivity index (χ3n) is 4.94. The van der Waals surface area contributed by atoms with Gasteiger partial charge in [-0.05, 0) is 60.0 Å². The molecule has 1 aromatic carbocycles.